The molecule has 0 spiro atoms. The first kappa shape index (κ1) is 7.96. The van der Waals surface area contributed by atoms with Crippen LogP contribution in [0, 0.1) is 0 Å². The summed E-state index contributed by atoms with van der Waals surface area (Å²) in [6.07, 6.45) is 6.31. The van der Waals surface area contributed by atoms with Gasteiger partial charge in [-0.3, -0.25) is 0 Å². The molecule has 0 aliphatic carbocycles. The van der Waals surface area contributed by atoms with Crippen LogP contribution in [0.25, 0.3) is 0 Å². The fourth-order valence-corrected chi connectivity index (χ4v) is 0.954. The van der Waals surface area contributed by atoms with Gasteiger partial charge in [0.1, 0.15) is 0 Å². The van der Waals surface area contributed by atoms with E-state index in [0.717, 1.165) is 0 Å². The van der Waals surface area contributed by atoms with Crippen LogP contribution in [-0.2, 0) is 0 Å². The maximum Gasteiger partial charge on any atom is 0.0328 e. The van der Waals surface area contributed by atoms with Crippen LogP contribution in [-0.4, -0.2) is 10.2 Å². The van der Waals surface area contributed by atoms with E-state index in [1.54, 1.807) is 5.20 Å². The van der Waals surface area contributed by atoms with Gasteiger partial charge in [0.05, 0.1) is 0 Å². The van der Waals surface area contributed by atoms with Crippen molar-refractivity contribution in [1.82, 2.24) is 0 Å². The predicted molar refractivity (Wildman–Crippen MR) is 43.2 cm³/mol. The van der Waals surface area contributed by atoms with Crippen LogP contribution in [0.3, 0.4) is 0 Å². The summed E-state index contributed by atoms with van der Waals surface area (Å²) in [5, 5.41) is 1.66. The average Bonchev–Trinajstić information content (AvgIpc) is 1.83. The Bertz CT molecular complexity index is 74.5. The first-order valence-electron chi connectivity index (χ1n) is 3.43. The third kappa shape index (κ3) is 4.12. The first-order chi connectivity index (χ1) is 3.81. The Hall–Kier alpha value is -0.0431. The van der Waals surface area contributed by atoms with Gasteiger partial charge in [0, 0.05) is 10.2 Å². The lowest BCUT2D eigenvalue weighted by molar-refractivity contribution is 0.806. The van der Waals surface area contributed by atoms with Gasteiger partial charge in [-0.05, 0) is 13.3 Å². The van der Waals surface area contributed by atoms with E-state index in [-0.39, 0.29) is 0 Å². The summed E-state index contributed by atoms with van der Waals surface area (Å²) in [6, 6.07) is 0. The molecule has 0 heterocycles. The van der Waals surface area contributed by atoms with E-state index in [4.69, 9.17) is 0 Å². The van der Waals surface area contributed by atoms with Crippen molar-refractivity contribution < 1.29 is 0 Å². The molecule has 0 atom stereocenters. The lowest BCUT2D eigenvalue weighted by Gasteiger charge is -1.94. The van der Waals surface area contributed by atoms with Gasteiger partial charge < -0.3 is 0 Å². The van der Waals surface area contributed by atoms with Gasteiger partial charge in [-0.2, -0.15) is 0 Å². The molecule has 0 aromatic rings. The van der Waals surface area contributed by atoms with Crippen molar-refractivity contribution in [1.29, 1.82) is 0 Å². The summed E-state index contributed by atoms with van der Waals surface area (Å²) < 4.78 is 0. The minimum absolute atomic E-state index is 1.27. The maximum absolute atomic E-state index is 2.25. The molecule has 0 saturated carbocycles. The van der Waals surface area contributed by atoms with Gasteiger partial charge >= 0.3 is 0 Å². The third-order valence-corrected chi connectivity index (χ3v) is 2.49. The van der Waals surface area contributed by atoms with E-state index in [1.165, 1.54) is 29.5 Å². The highest BCUT2D eigenvalue weighted by atomic mass is 28.1. The minimum atomic E-state index is 1.27. The Balaban J connectivity index is 3.12. The fraction of sp³-hybridized carbons (Fsp3) is 0.714. The Labute approximate surface area is 55.4 Å². The molecule has 0 aromatic carbocycles. The number of hydrogen-bond donors (Lipinski definition) is 0. The van der Waals surface area contributed by atoms with Crippen molar-refractivity contribution in [2.75, 3.05) is 0 Å². The SMILES string of the molecule is CC=C([SiH3])CCCC. The van der Waals surface area contributed by atoms with Crippen LogP contribution in [0.4, 0.5) is 0 Å². The first-order valence-corrected chi connectivity index (χ1v) is 4.43. The molecule has 1 heteroatoms. The zero-order valence-electron chi connectivity index (χ0n) is 6.20. The molecule has 0 saturated heterocycles. The molecule has 0 unspecified atom stereocenters. The molecule has 0 aromatic heterocycles. The van der Waals surface area contributed by atoms with Crippen molar-refractivity contribution in [2.45, 2.75) is 33.1 Å². The second-order valence-corrected chi connectivity index (χ2v) is 3.52. The van der Waals surface area contributed by atoms with E-state index >= 15 is 0 Å². The average molecular weight is 128 g/mol. The quantitative estimate of drug-likeness (QED) is 0.505. The third-order valence-electron chi connectivity index (χ3n) is 1.42. The summed E-state index contributed by atoms with van der Waals surface area (Å²) in [5.41, 5.74) is 0. The maximum atomic E-state index is 2.25. The zero-order valence-corrected chi connectivity index (χ0v) is 8.20. The molecule has 0 aliphatic heterocycles. The van der Waals surface area contributed by atoms with Crippen LogP contribution < -0.4 is 0 Å². The van der Waals surface area contributed by atoms with E-state index in [2.05, 4.69) is 19.9 Å². The van der Waals surface area contributed by atoms with Crippen LogP contribution >= 0.6 is 0 Å². The van der Waals surface area contributed by atoms with Gasteiger partial charge in [0.25, 0.3) is 0 Å². The highest BCUT2D eigenvalue weighted by Crippen LogP contribution is 2.01. The van der Waals surface area contributed by atoms with Gasteiger partial charge in [-0.15, -0.1) is 0 Å². The number of allylic oxidation sites excluding steroid dienone is 2. The van der Waals surface area contributed by atoms with Crippen LogP contribution in [0.5, 0.6) is 0 Å². The molecular weight excluding hydrogens is 112 g/mol. The second-order valence-electron chi connectivity index (χ2n) is 2.24. The Morgan fingerprint density at radius 1 is 1.62 bits per heavy atom. The number of rotatable bonds is 3. The van der Waals surface area contributed by atoms with Crippen LogP contribution in [0.2, 0.25) is 0 Å². The summed E-state index contributed by atoms with van der Waals surface area (Å²) in [4.78, 5) is 0. The molecule has 0 rings (SSSR count). The molecule has 8 heavy (non-hydrogen) atoms. The van der Waals surface area contributed by atoms with E-state index in [1.807, 2.05) is 0 Å². The summed E-state index contributed by atoms with van der Waals surface area (Å²) >= 11 is 0. The lowest BCUT2D eigenvalue weighted by Crippen LogP contribution is -1.79. The van der Waals surface area contributed by atoms with Crippen LogP contribution in [0.15, 0.2) is 11.3 Å². The van der Waals surface area contributed by atoms with Gasteiger partial charge in [-0.1, -0.05) is 31.0 Å². The summed E-state index contributed by atoms with van der Waals surface area (Å²) in [7, 11) is 1.27. The standard InChI is InChI=1S/C7H16Si/c1-3-5-6-7(8)4-2/h4H,3,5-6H2,1-2,8H3. The second kappa shape index (κ2) is 5.10. The highest BCUT2D eigenvalue weighted by molar-refractivity contribution is 6.21. The largest absolute Gasteiger partial charge is 0.0959 e. The van der Waals surface area contributed by atoms with Gasteiger partial charge in [-0.25, -0.2) is 0 Å². The topological polar surface area (TPSA) is 0 Å². The van der Waals surface area contributed by atoms with Gasteiger partial charge in [0.2, 0.25) is 0 Å². The van der Waals surface area contributed by atoms with Crippen molar-refractivity contribution in [3.05, 3.63) is 11.3 Å². The lowest BCUT2D eigenvalue weighted by atomic mass is 10.2. The monoisotopic (exact) mass is 128 g/mol. The Morgan fingerprint density at radius 2 is 2.25 bits per heavy atom. The fourth-order valence-electron chi connectivity index (χ4n) is 0.600. The smallest absolute Gasteiger partial charge is 0.0328 e. The van der Waals surface area contributed by atoms with E-state index in [0.29, 0.717) is 0 Å². The van der Waals surface area contributed by atoms with Crippen LogP contribution in [0.1, 0.15) is 33.1 Å². The molecule has 0 fully saturated rings. The molecule has 0 nitrogen and oxygen atoms in total. The van der Waals surface area contributed by atoms with Gasteiger partial charge in [0.15, 0.2) is 0 Å². The molecule has 0 radical (unpaired) electrons. The minimum Gasteiger partial charge on any atom is -0.0959 e. The molecule has 0 aliphatic rings. The van der Waals surface area contributed by atoms with Crippen molar-refractivity contribution in [3.63, 3.8) is 0 Å². The molecular formula is C7H16Si. The highest BCUT2D eigenvalue weighted by Gasteiger charge is 1.83. The Morgan fingerprint density at radius 3 is 2.62 bits per heavy atom. The zero-order chi connectivity index (χ0) is 6.41. The van der Waals surface area contributed by atoms with Crippen molar-refractivity contribution >= 4 is 10.2 Å². The molecule has 0 amide bonds. The molecule has 0 N–H and O–H groups in total. The number of hydrogen-bond acceptors (Lipinski definition) is 0. The normalized spacial score (nSPS) is 12.5. The Kier molecular flexibility index (Phi) is 5.07. The summed E-state index contributed by atoms with van der Waals surface area (Å²) in [5.74, 6) is 0. The van der Waals surface area contributed by atoms with Crippen molar-refractivity contribution in [3.8, 4) is 0 Å². The molecule has 0 bridgehead atoms. The molecule has 48 valence electrons. The van der Waals surface area contributed by atoms with E-state index < -0.39 is 0 Å². The van der Waals surface area contributed by atoms with E-state index in [9.17, 15) is 0 Å². The predicted octanol–water partition coefficient (Wildman–Crippen LogP) is 1.45. The summed E-state index contributed by atoms with van der Waals surface area (Å²) in [6.45, 7) is 4.38. The number of unbranched alkanes of at least 4 members (excludes halogenated alkanes) is 1. The van der Waals surface area contributed by atoms with Crippen molar-refractivity contribution in [2.24, 2.45) is 0 Å².